The number of ether oxygens (including phenoxy) is 1. The molecule has 1 aliphatic heterocycles. The van der Waals surface area contributed by atoms with Crippen molar-refractivity contribution in [1.29, 1.82) is 0 Å². The second kappa shape index (κ2) is 5.79. The van der Waals surface area contributed by atoms with E-state index >= 15 is 0 Å². The van der Waals surface area contributed by atoms with Crippen molar-refractivity contribution in [3.05, 3.63) is 33.9 Å². The Morgan fingerprint density at radius 2 is 2.32 bits per heavy atom. The summed E-state index contributed by atoms with van der Waals surface area (Å²) in [5, 5.41) is 11.1. The van der Waals surface area contributed by atoms with Crippen molar-refractivity contribution in [1.82, 2.24) is 0 Å². The number of hydrogen-bond donors (Lipinski definition) is 0. The molecule has 2 rings (SSSR count). The molecule has 1 aromatic carbocycles. The Kier molecular flexibility index (Phi) is 4.11. The zero-order chi connectivity index (χ0) is 13.8. The maximum atomic E-state index is 11.1. The number of nitro benzene ring substituents is 1. The molecule has 1 aliphatic rings. The minimum Gasteiger partial charge on any atom is -0.380 e. The monoisotopic (exact) mass is 264 g/mol. The van der Waals surface area contributed by atoms with Gasteiger partial charge in [0.15, 0.2) is 0 Å². The fourth-order valence-electron chi connectivity index (χ4n) is 2.37. The molecule has 6 nitrogen and oxygen atoms in total. The minimum absolute atomic E-state index is 0.0300. The lowest BCUT2D eigenvalue weighted by Crippen LogP contribution is -2.39. The van der Waals surface area contributed by atoms with Crippen molar-refractivity contribution in [2.45, 2.75) is 18.9 Å². The summed E-state index contributed by atoms with van der Waals surface area (Å²) in [5.41, 5.74) is 0.971. The third-order valence-corrected chi connectivity index (χ3v) is 3.38. The molecule has 0 N–H and O–H groups in total. The van der Waals surface area contributed by atoms with Crippen LogP contribution in [0, 0.1) is 10.1 Å². The lowest BCUT2D eigenvalue weighted by atomic mass is 10.1. The Labute approximate surface area is 111 Å². The summed E-state index contributed by atoms with van der Waals surface area (Å²) in [4.78, 5) is 23.4. The lowest BCUT2D eigenvalue weighted by Gasteiger charge is -2.33. The molecule has 0 unspecified atom stereocenters. The van der Waals surface area contributed by atoms with Crippen LogP contribution in [-0.4, -0.2) is 37.5 Å². The van der Waals surface area contributed by atoms with Crippen molar-refractivity contribution in [3.63, 3.8) is 0 Å². The van der Waals surface area contributed by atoms with Crippen LogP contribution < -0.4 is 4.90 Å². The molecule has 102 valence electrons. The lowest BCUT2D eigenvalue weighted by molar-refractivity contribution is -0.384. The summed E-state index contributed by atoms with van der Waals surface area (Å²) in [6, 6.07) is 4.42. The van der Waals surface area contributed by atoms with E-state index in [1.165, 1.54) is 12.1 Å². The van der Waals surface area contributed by atoms with Crippen molar-refractivity contribution in [2.75, 3.05) is 25.1 Å². The van der Waals surface area contributed by atoms with Gasteiger partial charge >= 0.3 is 0 Å². The molecule has 0 saturated carbocycles. The number of carbonyl (C=O) groups is 1. The molecule has 1 fully saturated rings. The van der Waals surface area contributed by atoms with Crippen LogP contribution in [-0.2, 0) is 4.74 Å². The van der Waals surface area contributed by atoms with Gasteiger partial charge in [0.05, 0.1) is 11.0 Å². The first-order chi connectivity index (χ1) is 9.15. The van der Waals surface area contributed by atoms with Crippen molar-refractivity contribution < 1.29 is 14.5 Å². The van der Waals surface area contributed by atoms with Gasteiger partial charge in [0.25, 0.3) is 5.69 Å². The number of hydrogen-bond acceptors (Lipinski definition) is 5. The van der Waals surface area contributed by atoms with Gasteiger partial charge < -0.3 is 9.64 Å². The Morgan fingerprint density at radius 1 is 1.53 bits per heavy atom. The van der Waals surface area contributed by atoms with Gasteiger partial charge in [0.2, 0.25) is 0 Å². The molecule has 1 aromatic rings. The minimum atomic E-state index is -0.416. The first kappa shape index (κ1) is 13.5. The van der Waals surface area contributed by atoms with Crippen molar-refractivity contribution in [3.8, 4) is 0 Å². The van der Waals surface area contributed by atoms with Gasteiger partial charge in [0, 0.05) is 31.8 Å². The van der Waals surface area contributed by atoms with E-state index < -0.39 is 4.92 Å². The molecule has 1 saturated heterocycles. The Bertz CT molecular complexity index is 490. The highest BCUT2D eigenvalue weighted by molar-refractivity contribution is 5.80. The maximum absolute atomic E-state index is 11.1. The number of nitro groups is 1. The highest BCUT2D eigenvalue weighted by Crippen LogP contribution is 2.31. The van der Waals surface area contributed by atoms with Gasteiger partial charge in [0.1, 0.15) is 12.0 Å². The van der Waals surface area contributed by atoms with Crippen LogP contribution in [0.1, 0.15) is 23.2 Å². The molecule has 0 amide bonds. The normalized spacial score (nSPS) is 19.2. The van der Waals surface area contributed by atoms with Gasteiger partial charge in [-0.1, -0.05) is 0 Å². The molecule has 0 aromatic heterocycles. The molecule has 1 atom stereocenters. The molecule has 1 heterocycles. The van der Waals surface area contributed by atoms with Crippen LogP contribution in [0.4, 0.5) is 11.4 Å². The third-order valence-electron chi connectivity index (χ3n) is 3.38. The summed E-state index contributed by atoms with van der Waals surface area (Å²) in [6.45, 7) is 1.35. The summed E-state index contributed by atoms with van der Waals surface area (Å²) < 4.78 is 5.32. The van der Waals surface area contributed by atoms with E-state index in [-0.39, 0.29) is 11.8 Å². The van der Waals surface area contributed by atoms with Crippen LogP contribution in [0.5, 0.6) is 0 Å². The van der Waals surface area contributed by atoms with E-state index in [1.54, 1.807) is 13.2 Å². The highest BCUT2D eigenvalue weighted by Gasteiger charge is 2.25. The second-order valence-electron chi connectivity index (χ2n) is 4.57. The molecule has 0 spiro atoms. The molecule has 0 aliphatic carbocycles. The second-order valence-corrected chi connectivity index (χ2v) is 4.57. The molecular formula is C13H16N2O4. The number of anilines is 1. The topological polar surface area (TPSA) is 72.7 Å². The van der Waals surface area contributed by atoms with Crippen molar-refractivity contribution in [2.24, 2.45) is 0 Å². The zero-order valence-corrected chi connectivity index (χ0v) is 10.7. The zero-order valence-electron chi connectivity index (χ0n) is 10.7. The molecular weight excluding hydrogens is 248 g/mol. The number of rotatable bonds is 4. The summed E-state index contributed by atoms with van der Waals surface area (Å²) >= 11 is 0. The van der Waals surface area contributed by atoms with Gasteiger partial charge in [-0.3, -0.25) is 14.9 Å². The number of piperidine rings is 1. The smallest absolute Gasteiger partial charge is 0.292 e. The Hall–Kier alpha value is -1.95. The van der Waals surface area contributed by atoms with E-state index in [0.29, 0.717) is 24.1 Å². The van der Waals surface area contributed by atoms with Gasteiger partial charge in [-0.2, -0.15) is 0 Å². The highest BCUT2D eigenvalue weighted by atomic mass is 16.6. The predicted octanol–water partition coefficient (Wildman–Crippen LogP) is 2.02. The first-order valence-corrected chi connectivity index (χ1v) is 6.17. The maximum Gasteiger partial charge on any atom is 0.292 e. The fourth-order valence-corrected chi connectivity index (χ4v) is 2.37. The van der Waals surface area contributed by atoms with E-state index in [2.05, 4.69) is 0 Å². The number of benzene rings is 1. The third kappa shape index (κ3) is 2.90. The standard InChI is InChI=1S/C13H16N2O4/c1-19-11-3-2-6-14(8-11)13-7-10(9-16)4-5-12(13)15(17)18/h4-5,7,9,11H,2-3,6,8H2,1H3/t11-/m0/s1. The van der Waals surface area contributed by atoms with E-state index in [4.69, 9.17) is 4.74 Å². The van der Waals surface area contributed by atoms with E-state index in [9.17, 15) is 14.9 Å². The molecule has 0 bridgehead atoms. The average molecular weight is 264 g/mol. The van der Waals surface area contributed by atoms with E-state index in [1.807, 2.05) is 4.90 Å². The van der Waals surface area contributed by atoms with Crippen LogP contribution in [0.3, 0.4) is 0 Å². The Morgan fingerprint density at radius 3 is 2.95 bits per heavy atom. The van der Waals surface area contributed by atoms with Crippen molar-refractivity contribution >= 4 is 17.7 Å². The number of aldehydes is 1. The van der Waals surface area contributed by atoms with Crippen LogP contribution >= 0.6 is 0 Å². The molecule has 19 heavy (non-hydrogen) atoms. The average Bonchev–Trinajstić information content (AvgIpc) is 2.46. The number of nitrogens with zero attached hydrogens (tertiary/aromatic N) is 2. The van der Waals surface area contributed by atoms with E-state index in [0.717, 1.165) is 19.4 Å². The quantitative estimate of drug-likeness (QED) is 0.472. The predicted molar refractivity (Wildman–Crippen MR) is 70.7 cm³/mol. The fraction of sp³-hybridized carbons (Fsp3) is 0.462. The summed E-state index contributed by atoms with van der Waals surface area (Å²) in [6.07, 6.45) is 2.65. The summed E-state index contributed by atoms with van der Waals surface area (Å²) in [7, 11) is 1.64. The molecule has 6 heteroatoms. The number of methoxy groups -OCH3 is 1. The first-order valence-electron chi connectivity index (χ1n) is 6.17. The summed E-state index contributed by atoms with van der Waals surface area (Å²) in [5.74, 6) is 0. The Balaban J connectivity index is 2.35. The largest absolute Gasteiger partial charge is 0.380 e. The van der Waals surface area contributed by atoms with Crippen LogP contribution in [0.2, 0.25) is 0 Å². The van der Waals surface area contributed by atoms with Gasteiger partial charge in [-0.25, -0.2) is 0 Å². The molecule has 0 radical (unpaired) electrons. The SMILES string of the molecule is CO[C@H]1CCCN(c2cc(C=O)ccc2[N+](=O)[O-])C1. The van der Waals surface area contributed by atoms with Crippen LogP contribution in [0.15, 0.2) is 18.2 Å². The van der Waals surface area contributed by atoms with Crippen LogP contribution in [0.25, 0.3) is 0 Å². The van der Waals surface area contributed by atoms with Gasteiger partial charge in [-0.15, -0.1) is 0 Å². The van der Waals surface area contributed by atoms with Gasteiger partial charge in [-0.05, 0) is 25.0 Å². The number of carbonyl (C=O) groups excluding carboxylic acids is 1.